The van der Waals surface area contributed by atoms with Gasteiger partial charge in [-0.15, -0.1) is 17.7 Å². The molecule has 3 heterocycles. The summed E-state index contributed by atoms with van der Waals surface area (Å²) in [7, 11) is -2.30. The van der Waals surface area contributed by atoms with Crippen molar-refractivity contribution in [3.63, 3.8) is 0 Å². The molecule has 1 aliphatic rings. The number of pyridine rings is 1. The van der Waals surface area contributed by atoms with Crippen LogP contribution in [0.3, 0.4) is 0 Å². The van der Waals surface area contributed by atoms with Crippen LogP contribution in [0.4, 0.5) is 5.82 Å². The van der Waals surface area contributed by atoms with Crippen molar-refractivity contribution in [3.05, 3.63) is 69.8 Å². The van der Waals surface area contributed by atoms with Crippen molar-refractivity contribution in [3.8, 4) is 11.4 Å². The van der Waals surface area contributed by atoms with E-state index in [4.69, 9.17) is 4.74 Å². The van der Waals surface area contributed by atoms with Crippen LogP contribution < -0.4 is 15.0 Å². The Morgan fingerprint density at radius 2 is 2.03 bits per heavy atom. The molecule has 0 amide bonds. The molecule has 11 heteroatoms. The molecule has 1 aliphatic heterocycles. The lowest BCUT2D eigenvalue weighted by Crippen LogP contribution is -2.41. The number of fused-ring (bicyclic) bond motifs is 1. The van der Waals surface area contributed by atoms with E-state index < -0.39 is 10.2 Å². The summed E-state index contributed by atoms with van der Waals surface area (Å²) in [5, 5.41) is 7.45. The Kier molecular flexibility index (Phi) is 5.73. The predicted octanol–water partition coefficient (Wildman–Crippen LogP) is 1.95. The van der Waals surface area contributed by atoms with Crippen molar-refractivity contribution in [1.82, 2.24) is 19.1 Å². The number of thiol groups is 1. The molecular weight excluding hydrogens is 438 g/mol. The van der Waals surface area contributed by atoms with E-state index in [0.29, 0.717) is 17.9 Å². The fraction of sp³-hybridized carbons (Fsp3) is 0.250. The van der Waals surface area contributed by atoms with Gasteiger partial charge in [-0.3, -0.25) is 14.1 Å². The minimum absolute atomic E-state index is 0.122. The number of rotatable bonds is 5. The Labute approximate surface area is 185 Å². The maximum Gasteiger partial charge on any atom is 0.303 e. The smallest absolute Gasteiger partial charge is 0.303 e. The fourth-order valence-electron chi connectivity index (χ4n) is 3.56. The molecule has 9 nitrogen and oxygen atoms in total. The van der Waals surface area contributed by atoms with Gasteiger partial charge < -0.3 is 4.74 Å². The summed E-state index contributed by atoms with van der Waals surface area (Å²) in [6.07, 6.45) is 1.82. The number of hydrogen-bond donors (Lipinski definition) is 2. The van der Waals surface area contributed by atoms with Crippen LogP contribution in [0.25, 0.3) is 5.69 Å². The van der Waals surface area contributed by atoms with Crippen LogP contribution in [0.2, 0.25) is 0 Å². The standard InChI is InChI=1S/C20H21N5O4S2/c1-13-10-16(17(29-2)11-18(13)30)25-15-7-9-24(12-14(15)5-6-20(25)26)31(27,28)23-19-4-3-8-21-22-19/h3-6,8,10-11,30H,7,9,12H2,1-2H3,(H,22,23). The highest BCUT2D eigenvalue weighted by Crippen LogP contribution is 2.31. The number of ether oxygens (including phenoxy) is 1. The van der Waals surface area contributed by atoms with Crippen molar-refractivity contribution < 1.29 is 13.2 Å². The van der Waals surface area contributed by atoms with Gasteiger partial charge in [-0.1, -0.05) is 6.07 Å². The maximum absolute atomic E-state index is 12.8. The summed E-state index contributed by atoms with van der Waals surface area (Å²) < 4.78 is 36.5. The molecule has 0 saturated carbocycles. The summed E-state index contributed by atoms with van der Waals surface area (Å²) in [6, 6.07) is 9.85. The highest BCUT2D eigenvalue weighted by Gasteiger charge is 2.29. The second-order valence-corrected chi connectivity index (χ2v) is 9.24. The number of methoxy groups -OCH3 is 1. The molecule has 0 unspecified atom stereocenters. The van der Waals surface area contributed by atoms with E-state index in [1.165, 1.54) is 29.7 Å². The van der Waals surface area contributed by atoms with E-state index in [0.717, 1.165) is 21.7 Å². The van der Waals surface area contributed by atoms with Gasteiger partial charge in [0.1, 0.15) is 5.75 Å². The second-order valence-electron chi connectivity index (χ2n) is 7.09. The third-order valence-corrected chi connectivity index (χ3v) is 7.06. The number of aryl methyl sites for hydroxylation is 1. The van der Waals surface area contributed by atoms with Crippen LogP contribution in [0.15, 0.2) is 52.3 Å². The molecule has 0 atom stereocenters. The fourth-order valence-corrected chi connectivity index (χ4v) is 4.88. The maximum atomic E-state index is 12.8. The van der Waals surface area contributed by atoms with Crippen molar-refractivity contribution in [2.24, 2.45) is 0 Å². The Bertz CT molecular complexity index is 1290. The highest BCUT2D eigenvalue weighted by molar-refractivity contribution is 7.90. The molecule has 1 aromatic carbocycles. The van der Waals surface area contributed by atoms with Gasteiger partial charge in [-0.2, -0.15) is 17.8 Å². The van der Waals surface area contributed by atoms with Crippen LogP contribution >= 0.6 is 12.6 Å². The third kappa shape index (κ3) is 4.16. The third-order valence-electron chi connectivity index (χ3n) is 5.12. The van der Waals surface area contributed by atoms with Gasteiger partial charge in [0.25, 0.3) is 5.56 Å². The monoisotopic (exact) mass is 459 g/mol. The first-order chi connectivity index (χ1) is 14.8. The van der Waals surface area contributed by atoms with Crippen molar-refractivity contribution in [2.75, 3.05) is 18.4 Å². The molecule has 0 bridgehead atoms. The van der Waals surface area contributed by atoms with E-state index in [-0.39, 0.29) is 24.5 Å². The molecule has 0 spiro atoms. The lowest BCUT2D eigenvalue weighted by Gasteiger charge is -2.30. The summed E-state index contributed by atoms with van der Waals surface area (Å²) >= 11 is 4.43. The number of aromatic nitrogens is 3. The predicted molar refractivity (Wildman–Crippen MR) is 119 cm³/mol. The number of hydrogen-bond acceptors (Lipinski definition) is 7. The van der Waals surface area contributed by atoms with Crippen LogP contribution in [0, 0.1) is 6.92 Å². The SMILES string of the molecule is COc1cc(S)c(C)cc1-n1c2c(ccc1=O)CN(S(=O)(=O)Nc1cccnn1)CC2. The number of nitrogens with one attached hydrogen (secondary N) is 1. The zero-order chi connectivity index (χ0) is 22.2. The molecule has 31 heavy (non-hydrogen) atoms. The van der Waals surface area contributed by atoms with Crippen LogP contribution in [-0.2, 0) is 23.2 Å². The quantitative estimate of drug-likeness (QED) is 0.565. The average molecular weight is 460 g/mol. The van der Waals surface area contributed by atoms with Crippen LogP contribution in [-0.4, -0.2) is 41.1 Å². The number of nitrogens with zero attached hydrogens (tertiary/aromatic N) is 4. The molecule has 0 saturated heterocycles. The lowest BCUT2D eigenvalue weighted by molar-refractivity contribution is 0.385. The van der Waals surface area contributed by atoms with Gasteiger partial charge in [0, 0.05) is 42.4 Å². The Morgan fingerprint density at radius 3 is 2.74 bits per heavy atom. The molecule has 1 N–H and O–H groups in total. The summed E-state index contributed by atoms with van der Waals surface area (Å²) in [4.78, 5) is 13.6. The Hall–Kier alpha value is -2.89. The van der Waals surface area contributed by atoms with Gasteiger partial charge in [0.2, 0.25) is 0 Å². The van der Waals surface area contributed by atoms with E-state index in [1.54, 1.807) is 22.8 Å². The Balaban J connectivity index is 1.72. The van der Waals surface area contributed by atoms with E-state index >= 15 is 0 Å². The average Bonchev–Trinajstić information content (AvgIpc) is 2.75. The van der Waals surface area contributed by atoms with Crippen molar-refractivity contribution in [1.29, 1.82) is 0 Å². The van der Waals surface area contributed by atoms with Crippen molar-refractivity contribution >= 4 is 28.7 Å². The van der Waals surface area contributed by atoms with Crippen LogP contribution in [0.1, 0.15) is 16.8 Å². The van der Waals surface area contributed by atoms with E-state index in [9.17, 15) is 13.2 Å². The normalized spacial score (nSPS) is 14.2. The molecule has 0 radical (unpaired) electrons. The Morgan fingerprint density at radius 1 is 1.23 bits per heavy atom. The zero-order valence-electron chi connectivity index (χ0n) is 16.9. The topological polar surface area (TPSA) is 106 Å². The van der Waals surface area contributed by atoms with Gasteiger partial charge in [-0.25, -0.2) is 0 Å². The van der Waals surface area contributed by atoms with Gasteiger partial charge in [-0.05, 0) is 42.3 Å². The minimum atomic E-state index is -3.83. The lowest BCUT2D eigenvalue weighted by atomic mass is 10.1. The van der Waals surface area contributed by atoms with Crippen molar-refractivity contribution in [2.45, 2.75) is 24.8 Å². The molecule has 0 fully saturated rings. The first-order valence-electron chi connectivity index (χ1n) is 9.47. The van der Waals surface area contributed by atoms with Gasteiger partial charge >= 0.3 is 10.2 Å². The number of anilines is 1. The summed E-state index contributed by atoms with van der Waals surface area (Å²) in [5.41, 5.74) is 2.79. The van der Waals surface area contributed by atoms with E-state index in [2.05, 4.69) is 27.5 Å². The summed E-state index contributed by atoms with van der Waals surface area (Å²) in [6.45, 7) is 2.23. The second kappa shape index (κ2) is 8.33. The summed E-state index contributed by atoms with van der Waals surface area (Å²) in [5.74, 6) is 0.663. The highest BCUT2D eigenvalue weighted by atomic mass is 32.2. The van der Waals surface area contributed by atoms with Gasteiger partial charge in [0.15, 0.2) is 5.82 Å². The minimum Gasteiger partial charge on any atom is -0.495 e. The molecule has 2 aromatic heterocycles. The molecular formula is C20H21N5O4S2. The molecule has 4 rings (SSSR count). The first-order valence-corrected chi connectivity index (χ1v) is 11.4. The molecule has 162 valence electrons. The first kappa shape index (κ1) is 21.3. The van der Waals surface area contributed by atoms with E-state index in [1.807, 2.05) is 13.0 Å². The number of benzene rings is 1. The molecule has 0 aliphatic carbocycles. The van der Waals surface area contributed by atoms with Crippen LogP contribution in [0.5, 0.6) is 5.75 Å². The van der Waals surface area contributed by atoms with Gasteiger partial charge in [0.05, 0.1) is 12.8 Å². The zero-order valence-corrected chi connectivity index (χ0v) is 18.7. The largest absolute Gasteiger partial charge is 0.495 e. The molecule has 3 aromatic rings.